The predicted molar refractivity (Wildman–Crippen MR) is 220 cm³/mol. The van der Waals surface area contributed by atoms with Gasteiger partial charge in [-0.05, 0) is 117 Å². The molecule has 1 heterocycles. The van der Waals surface area contributed by atoms with Crippen molar-refractivity contribution in [2.24, 2.45) is 11.8 Å². The lowest BCUT2D eigenvalue weighted by molar-refractivity contribution is -0.130. The van der Waals surface area contributed by atoms with Crippen LogP contribution >= 0.6 is 0 Å². The molecule has 13 nitrogen and oxygen atoms in total. The summed E-state index contributed by atoms with van der Waals surface area (Å²) in [6, 6.07) is 25.7. The molecule has 5 aromatic rings. The smallest absolute Gasteiger partial charge is 0.407 e. The average molecular weight is 795 g/mol. The number of aromatic nitrogens is 2. The molecule has 0 spiro atoms. The van der Waals surface area contributed by atoms with E-state index in [0.29, 0.717) is 36.0 Å². The summed E-state index contributed by atoms with van der Waals surface area (Å²) in [4.78, 5) is 52.1. The Morgan fingerprint density at radius 2 is 1.60 bits per heavy atom. The monoisotopic (exact) mass is 794 g/mol. The third kappa shape index (κ3) is 11.0. The summed E-state index contributed by atoms with van der Waals surface area (Å²) >= 11 is 0. The number of benzene rings is 4. The molecule has 14 heteroatoms. The zero-order chi connectivity index (χ0) is 40.7. The van der Waals surface area contributed by atoms with Crippen LogP contribution < -0.4 is 26.2 Å². The van der Waals surface area contributed by atoms with Crippen molar-refractivity contribution in [1.29, 1.82) is 0 Å². The molecule has 0 aliphatic heterocycles. The maximum Gasteiger partial charge on any atom is 0.407 e. The number of sulfonamides is 1. The summed E-state index contributed by atoms with van der Waals surface area (Å²) in [6.45, 7) is 7.95. The Morgan fingerprint density at radius 3 is 2.33 bits per heavy atom. The Morgan fingerprint density at radius 1 is 0.860 bits per heavy atom. The molecule has 3 amide bonds. The van der Waals surface area contributed by atoms with Gasteiger partial charge >= 0.3 is 6.09 Å². The summed E-state index contributed by atoms with van der Waals surface area (Å²) < 4.78 is 34.7. The molecule has 0 unspecified atom stereocenters. The Labute approximate surface area is 332 Å². The van der Waals surface area contributed by atoms with Crippen LogP contribution in [-0.2, 0) is 37.3 Å². The summed E-state index contributed by atoms with van der Waals surface area (Å²) in [5.74, 6) is -0.773. The number of hydrogen-bond donors (Lipinski definition) is 6. The van der Waals surface area contributed by atoms with Gasteiger partial charge in [0.2, 0.25) is 21.8 Å². The van der Waals surface area contributed by atoms with Gasteiger partial charge in [0.1, 0.15) is 11.6 Å². The van der Waals surface area contributed by atoms with E-state index in [-0.39, 0.29) is 41.2 Å². The van der Waals surface area contributed by atoms with Crippen LogP contribution in [0.1, 0.15) is 63.1 Å². The molecular formula is C43H50N6O7S. The molecule has 6 N–H and O–H groups in total. The van der Waals surface area contributed by atoms with Crippen LogP contribution in [0.5, 0.6) is 0 Å². The summed E-state index contributed by atoms with van der Waals surface area (Å²) in [6.07, 6.45) is 2.36. The minimum Gasteiger partial charge on any atom is -0.444 e. The van der Waals surface area contributed by atoms with Crippen LogP contribution in [0.4, 0.5) is 10.5 Å². The van der Waals surface area contributed by atoms with Gasteiger partial charge in [-0.15, -0.1) is 0 Å². The zero-order valence-corrected chi connectivity index (χ0v) is 33.4. The number of carbonyl (C=O) groups is 3. The van der Waals surface area contributed by atoms with Gasteiger partial charge in [-0.1, -0.05) is 60.7 Å². The van der Waals surface area contributed by atoms with Crippen molar-refractivity contribution in [1.82, 2.24) is 25.6 Å². The van der Waals surface area contributed by atoms with Crippen molar-refractivity contribution in [3.8, 4) is 11.1 Å². The molecule has 1 atom stereocenters. The number of carbonyl (C=O) groups excluding carboxylic acids is 3. The highest BCUT2D eigenvalue weighted by Crippen LogP contribution is 2.30. The lowest BCUT2D eigenvalue weighted by Crippen LogP contribution is -2.48. The molecule has 0 radical (unpaired) electrons. The first kappa shape index (κ1) is 40.9. The van der Waals surface area contributed by atoms with Crippen molar-refractivity contribution in [2.75, 3.05) is 11.9 Å². The lowest BCUT2D eigenvalue weighted by atomic mass is 9.81. The van der Waals surface area contributed by atoms with Gasteiger partial charge in [-0.25, -0.2) is 17.9 Å². The van der Waals surface area contributed by atoms with Crippen LogP contribution in [-0.4, -0.2) is 54.7 Å². The number of anilines is 1. The van der Waals surface area contributed by atoms with E-state index in [9.17, 15) is 27.6 Å². The summed E-state index contributed by atoms with van der Waals surface area (Å²) in [7, 11) is -3.83. The molecule has 57 heavy (non-hydrogen) atoms. The number of fused-ring (bicyclic) bond motifs is 1. The second-order valence-corrected chi connectivity index (χ2v) is 17.4. The Bertz CT molecular complexity index is 2390. The van der Waals surface area contributed by atoms with E-state index in [1.54, 1.807) is 36.4 Å². The van der Waals surface area contributed by atoms with Gasteiger partial charge < -0.3 is 20.7 Å². The van der Waals surface area contributed by atoms with E-state index < -0.39 is 33.7 Å². The molecule has 1 saturated carbocycles. The molecule has 1 aliphatic rings. The number of rotatable bonds is 13. The first-order valence-corrected chi connectivity index (χ1v) is 20.6. The highest BCUT2D eigenvalue weighted by atomic mass is 32.2. The van der Waals surface area contributed by atoms with Crippen LogP contribution in [0.15, 0.2) is 101 Å². The van der Waals surface area contributed by atoms with E-state index in [1.807, 2.05) is 82.3 Å². The second-order valence-electron chi connectivity index (χ2n) is 15.7. The first-order chi connectivity index (χ1) is 27.1. The third-order valence-electron chi connectivity index (χ3n) is 10.1. The highest BCUT2D eigenvalue weighted by Gasteiger charge is 2.30. The average Bonchev–Trinajstić information content (AvgIpc) is 3.55. The van der Waals surface area contributed by atoms with Crippen LogP contribution in [0.25, 0.3) is 22.0 Å². The fraction of sp³-hybridized carbons (Fsp3) is 0.349. The second kappa shape index (κ2) is 17.6. The number of aromatic amines is 2. The normalized spacial score (nSPS) is 16.4. The van der Waals surface area contributed by atoms with Gasteiger partial charge in [0.25, 0.3) is 5.56 Å². The fourth-order valence-corrected chi connectivity index (χ4v) is 8.10. The maximum absolute atomic E-state index is 14.0. The quantitative estimate of drug-likeness (QED) is 0.0805. The number of aryl methyl sites for hydroxylation is 1. The van der Waals surface area contributed by atoms with Gasteiger partial charge in [0.05, 0.1) is 15.8 Å². The molecule has 0 saturated heterocycles. The lowest BCUT2D eigenvalue weighted by Gasteiger charge is -2.29. The molecule has 300 valence electrons. The van der Waals surface area contributed by atoms with Crippen LogP contribution in [0, 0.1) is 18.8 Å². The third-order valence-corrected chi connectivity index (χ3v) is 11.5. The standard InChI is InChI=1S/C43H50N6O7S/c1-27-13-19-34(57(54,55)45-26-28-9-6-5-7-10-28)24-36(27)32-12-8-11-30(21-32)22-38(41(52)46-33-18-20-35-37(23-33)48-49-40(35)51)47-39(50)31-16-14-29(15-17-31)25-44-42(53)56-43(2,3)4/h5-13,18-21,23-24,29,31,38,45H,14-17,22,25-26H2,1-4H3,(H,44,53)(H,46,52)(H,47,50)(H2,48,49,51)/t29?,31?,38-/m0/s1. The van der Waals surface area contributed by atoms with Crippen molar-refractivity contribution >= 4 is 44.5 Å². The summed E-state index contributed by atoms with van der Waals surface area (Å²) in [5, 5.41) is 14.5. The SMILES string of the molecule is Cc1ccc(S(=O)(=O)NCc2ccccc2)cc1-c1cccc(C[C@H](NC(=O)C2CCC(CNC(=O)OC(C)(C)C)CC2)C(=O)Nc2ccc3c(=O)[nH][nH]c3c2)c1. The minimum absolute atomic E-state index is 0.130. The molecule has 6 rings (SSSR count). The number of H-pyrrole nitrogens is 2. The first-order valence-electron chi connectivity index (χ1n) is 19.2. The number of hydrogen-bond acceptors (Lipinski definition) is 7. The van der Waals surface area contributed by atoms with E-state index in [4.69, 9.17) is 4.74 Å². The van der Waals surface area contributed by atoms with Crippen molar-refractivity contribution in [3.63, 3.8) is 0 Å². The zero-order valence-electron chi connectivity index (χ0n) is 32.6. The molecule has 0 bridgehead atoms. The number of amides is 3. The van der Waals surface area contributed by atoms with Gasteiger partial charge in [-0.2, -0.15) is 0 Å². The summed E-state index contributed by atoms with van der Waals surface area (Å²) in [5.41, 5.74) is 4.05. The minimum atomic E-state index is -3.83. The predicted octanol–water partition coefficient (Wildman–Crippen LogP) is 6.31. The van der Waals surface area contributed by atoms with Crippen molar-refractivity contribution in [2.45, 2.75) is 82.9 Å². The molecule has 1 fully saturated rings. The van der Waals surface area contributed by atoms with Crippen molar-refractivity contribution < 1.29 is 27.5 Å². The Balaban J connectivity index is 1.18. The molecule has 4 aromatic carbocycles. The van der Waals surface area contributed by atoms with E-state index in [0.717, 1.165) is 40.7 Å². The highest BCUT2D eigenvalue weighted by molar-refractivity contribution is 7.89. The topological polar surface area (TPSA) is 191 Å². The molecule has 1 aliphatic carbocycles. The van der Waals surface area contributed by atoms with Crippen LogP contribution in [0.2, 0.25) is 0 Å². The Kier molecular flexibility index (Phi) is 12.6. The number of ether oxygens (including phenoxy) is 1. The van der Waals surface area contributed by atoms with Gasteiger partial charge in [-0.3, -0.25) is 24.6 Å². The van der Waals surface area contributed by atoms with Gasteiger partial charge in [0, 0.05) is 31.1 Å². The number of nitrogens with one attached hydrogen (secondary N) is 6. The molecule has 1 aromatic heterocycles. The number of alkyl carbamates (subject to hydrolysis) is 1. The molecular weight excluding hydrogens is 745 g/mol. The fourth-order valence-electron chi connectivity index (χ4n) is 7.05. The Hall–Kier alpha value is -5.73. The van der Waals surface area contributed by atoms with Gasteiger partial charge in [0.15, 0.2) is 0 Å². The van der Waals surface area contributed by atoms with Crippen molar-refractivity contribution in [3.05, 3.63) is 118 Å². The van der Waals surface area contributed by atoms with E-state index in [2.05, 4.69) is 30.9 Å². The maximum atomic E-state index is 14.0. The van der Waals surface area contributed by atoms with E-state index >= 15 is 0 Å². The van der Waals surface area contributed by atoms with Crippen LogP contribution in [0.3, 0.4) is 0 Å². The van der Waals surface area contributed by atoms with E-state index in [1.165, 1.54) is 0 Å². The largest absolute Gasteiger partial charge is 0.444 e.